The lowest BCUT2D eigenvalue weighted by atomic mass is 10.2. The number of para-hydroxylation sites is 1. The molecular weight excluding hydrogens is 222 g/mol. The fourth-order valence-electron chi connectivity index (χ4n) is 1.77. The van der Waals surface area contributed by atoms with Crippen LogP contribution in [0.25, 0.3) is 22.4 Å². The average Bonchev–Trinajstić information content (AvgIpc) is 2.85. The molecule has 0 bridgehead atoms. The van der Waals surface area contributed by atoms with Gasteiger partial charge in [-0.3, -0.25) is 4.79 Å². The standard InChI is InChI=1S/C11H9N3O3/c12-8-10(17-14-11(8)16)6-4-5-2-1-3-7(15)9(5)13-6/h1-4,13,15H,12H2,(H,14,16). The van der Waals surface area contributed by atoms with Crippen LogP contribution < -0.4 is 11.3 Å². The van der Waals surface area contributed by atoms with Crippen LogP contribution in [0.3, 0.4) is 0 Å². The Morgan fingerprint density at radius 1 is 1.35 bits per heavy atom. The number of aromatic amines is 2. The molecule has 0 atom stereocenters. The van der Waals surface area contributed by atoms with Crippen LogP contribution in [0.1, 0.15) is 0 Å². The highest BCUT2D eigenvalue weighted by Crippen LogP contribution is 2.30. The average molecular weight is 231 g/mol. The number of rotatable bonds is 1. The van der Waals surface area contributed by atoms with Gasteiger partial charge in [0.1, 0.15) is 11.4 Å². The number of nitrogens with two attached hydrogens (primary N) is 1. The predicted octanol–water partition coefficient (Wildman–Crippen LogP) is 1.40. The summed E-state index contributed by atoms with van der Waals surface area (Å²) in [5.41, 5.74) is 6.23. The summed E-state index contributed by atoms with van der Waals surface area (Å²) < 4.78 is 4.98. The van der Waals surface area contributed by atoms with Crippen LogP contribution in [0.2, 0.25) is 0 Å². The third-order valence-corrected chi connectivity index (χ3v) is 2.61. The Hall–Kier alpha value is -2.63. The molecule has 0 fully saturated rings. The summed E-state index contributed by atoms with van der Waals surface area (Å²) in [6, 6.07) is 6.87. The third kappa shape index (κ3) is 1.31. The number of nitrogen functional groups attached to an aromatic ring is 1. The van der Waals surface area contributed by atoms with E-state index in [9.17, 15) is 9.90 Å². The molecule has 1 aromatic carbocycles. The maximum absolute atomic E-state index is 11.2. The second kappa shape index (κ2) is 3.18. The molecule has 6 heteroatoms. The summed E-state index contributed by atoms with van der Waals surface area (Å²) in [7, 11) is 0. The lowest BCUT2D eigenvalue weighted by Crippen LogP contribution is -2.04. The van der Waals surface area contributed by atoms with Crippen molar-refractivity contribution in [3.05, 3.63) is 34.6 Å². The van der Waals surface area contributed by atoms with E-state index < -0.39 is 5.56 Å². The molecule has 0 aliphatic heterocycles. The van der Waals surface area contributed by atoms with Crippen LogP contribution >= 0.6 is 0 Å². The number of fused-ring (bicyclic) bond motifs is 1. The predicted molar refractivity (Wildman–Crippen MR) is 62.7 cm³/mol. The summed E-state index contributed by atoms with van der Waals surface area (Å²) in [6.07, 6.45) is 0. The Bertz CT molecular complexity index is 751. The molecule has 0 aliphatic rings. The Morgan fingerprint density at radius 2 is 2.18 bits per heavy atom. The Balaban J connectivity index is 2.29. The minimum Gasteiger partial charge on any atom is -0.506 e. The Morgan fingerprint density at radius 3 is 2.82 bits per heavy atom. The van der Waals surface area contributed by atoms with E-state index in [-0.39, 0.29) is 17.2 Å². The maximum atomic E-state index is 11.2. The summed E-state index contributed by atoms with van der Waals surface area (Å²) in [5, 5.41) is 12.6. The number of hydrogen-bond acceptors (Lipinski definition) is 4. The molecule has 86 valence electrons. The van der Waals surface area contributed by atoms with Gasteiger partial charge >= 0.3 is 5.56 Å². The second-order valence-corrected chi connectivity index (χ2v) is 3.70. The number of anilines is 1. The Kier molecular flexibility index (Phi) is 1.79. The van der Waals surface area contributed by atoms with E-state index in [1.165, 1.54) is 0 Å². The van der Waals surface area contributed by atoms with Crippen LogP contribution in [0.5, 0.6) is 5.75 Å². The number of nitrogens with one attached hydrogen (secondary N) is 2. The highest BCUT2D eigenvalue weighted by Gasteiger charge is 2.14. The molecule has 0 saturated carbocycles. The molecule has 3 aromatic rings. The highest BCUT2D eigenvalue weighted by atomic mass is 16.5. The minimum atomic E-state index is -0.470. The van der Waals surface area contributed by atoms with Crippen molar-refractivity contribution in [3.63, 3.8) is 0 Å². The molecule has 3 rings (SSSR count). The van der Waals surface area contributed by atoms with Crippen molar-refractivity contribution in [2.24, 2.45) is 0 Å². The van der Waals surface area contributed by atoms with Crippen molar-refractivity contribution < 1.29 is 9.63 Å². The smallest absolute Gasteiger partial charge is 0.303 e. The van der Waals surface area contributed by atoms with E-state index in [0.29, 0.717) is 11.2 Å². The fourth-order valence-corrected chi connectivity index (χ4v) is 1.77. The number of phenolic OH excluding ortho intramolecular Hbond substituents is 1. The molecule has 0 amide bonds. The number of aromatic nitrogens is 2. The van der Waals surface area contributed by atoms with Crippen molar-refractivity contribution in [2.75, 3.05) is 5.73 Å². The normalized spacial score (nSPS) is 11.1. The molecule has 0 unspecified atom stereocenters. The molecule has 5 N–H and O–H groups in total. The Labute approximate surface area is 94.6 Å². The van der Waals surface area contributed by atoms with Crippen molar-refractivity contribution >= 4 is 16.6 Å². The third-order valence-electron chi connectivity index (χ3n) is 2.61. The SMILES string of the molecule is Nc1c(-c2cc3cccc(O)c3[nH]2)o[nH]c1=O. The van der Waals surface area contributed by atoms with Gasteiger partial charge in [0.15, 0.2) is 0 Å². The van der Waals surface area contributed by atoms with E-state index in [1.807, 2.05) is 6.07 Å². The molecule has 6 nitrogen and oxygen atoms in total. The van der Waals surface area contributed by atoms with E-state index in [2.05, 4.69) is 10.1 Å². The van der Waals surface area contributed by atoms with Gasteiger partial charge in [0.25, 0.3) is 0 Å². The maximum Gasteiger partial charge on any atom is 0.303 e. The van der Waals surface area contributed by atoms with E-state index in [4.69, 9.17) is 10.3 Å². The first kappa shape index (κ1) is 9.59. The van der Waals surface area contributed by atoms with Gasteiger partial charge < -0.3 is 20.3 Å². The lowest BCUT2D eigenvalue weighted by Gasteiger charge is -1.92. The van der Waals surface area contributed by atoms with E-state index in [1.54, 1.807) is 18.2 Å². The van der Waals surface area contributed by atoms with Gasteiger partial charge in [-0.1, -0.05) is 12.1 Å². The summed E-state index contributed by atoms with van der Waals surface area (Å²) >= 11 is 0. The molecule has 0 spiro atoms. The van der Waals surface area contributed by atoms with Gasteiger partial charge in [-0.05, 0) is 12.1 Å². The number of phenols is 1. The van der Waals surface area contributed by atoms with Crippen LogP contribution in [0.15, 0.2) is 33.6 Å². The zero-order valence-electron chi connectivity index (χ0n) is 8.65. The van der Waals surface area contributed by atoms with Gasteiger partial charge in [0.05, 0.1) is 11.2 Å². The molecule has 0 radical (unpaired) electrons. The van der Waals surface area contributed by atoms with Gasteiger partial charge in [0, 0.05) is 5.39 Å². The topological polar surface area (TPSA) is 108 Å². The van der Waals surface area contributed by atoms with Crippen LogP contribution in [0.4, 0.5) is 5.69 Å². The van der Waals surface area contributed by atoms with Crippen molar-refractivity contribution in [1.82, 2.24) is 10.1 Å². The molecular formula is C11H9N3O3. The van der Waals surface area contributed by atoms with Crippen LogP contribution in [-0.4, -0.2) is 15.2 Å². The highest BCUT2D eigenvalue weighted by molar-refractivity contribution is 5.90. The van der Waals surface area contributed by atoms with Gasteiger partial charge in [0.2, 0.25) is 5.76 Å². The van der Waals surface area contributed by atoms with Crippen molar-refractivity contribution in [3.8, 4) is 17.2 Å². The summed E-state index contributed by atoms with van der Waals surface area (Å²) in [6.45, 7) is 0. The number of benzene rings is 1. The number of H-pyrrole nitrogens is 2. The molecule has 0 aliphatic carbocycles. The summed E-state index contributed by atoms with van der Waals surface area (Å²) in [5.74, 6) is 0.371. The molecule has 2 aromatic heterocycles. The second-order valence-electron chi connectivity index (χ2n) is 3.70. The first-order valence-corrected chi connectivity index (χ1v) is 4.95. The van der Waals surface area contributed by atoms with E-state index >= 15 is 0 Å². The monoisotopic (exact) mass is 231 g/mol. The first-order valence-electron chi connectivity index (χ1n) is 4.95. The fraction of sp³-hybridized carbons (Fsp3) is 0. The number of aromatic hydroxyl groups is 1. The zero-order valence-corrected chi connectivity index (χ0v) is 8.65. The van der Waals surface area contributed by atoms with Crippen molar-refractivity contribution in [2.45, 2.75) is 0 Å². The largest absolute Gasteiger partial charge is 0.506 e. The van der Waals surface area contributed by atoms with Crippen LogP contribution in [-0.2, 0) is 0 Å². The molecule has 17 heavy (non-hydrogen) atoms. The zero-order chi connectivity index (χ0) is 12.0. The molecule has 2 heterocycles. The lowest BCUT2D eigenvalue weighted by molar-refractivity contribution is 0.425. The van der Waals surface area contributed by atoms with Crippen LogP contribution in [0, 0.1) is 0 Å². The van der Waals surface area contributed by atoms with Crippen molar-refractivity contribution in [1.29, 1.82) is 0 Å². The minimum absolute atomic E-state index is 0.0102. The van der Waals surface area contributed by atoms with Gasteiger partial charge in [-0.15, -0.1) is 0 Å². The molecule has 0 saturated heterocycles. The van der Waals surface area contributed by atoms with E-state index in [0.717, 1.165) is 5.39 Å². The van der Waals surface area contributed by atoms with Gasteiger partial charge in [-0.2, -0.15) is 5.16 Å². The quantitative estimate of drug-likeness (QED) is 0.507. The summed E-state index contributed by atoms with van der Waals surface area (Å²) in [4.78, 5) is 14.1. The number of hydrogen-bond donors (Lipinski definition) is 4. The first-order chi connectivity index (χ1) is 8.16. The van der Waals surface area contributed by atoms with Gasteiger partial charge in [-0.25, -0.2) is 0 Å².